The third-order valence-corrected chi connectivity index (χ3v) is 1.73. The molecule has 2 N–H and O–H groups in total. The number of carboxylic acid groups (broad SMARTS) is 1. The van der Waals surface area contributed by atoms with E-state index in [1.807, 2.05) is 15.7 Å². The Balaban J connectivity index is 3.96. The lowest BCUT2D eigenvalue weighted by molar-refractivity contribution is -0.137. The van der Waals surface area contributed by atoms with Crippen LogP contribution >= 0.6 is 0 Å². The fraction of sp³-hybridized carbons (Fsp3) is 0.875. The molecule has 5 heteroatoms. The van der Waals surface area contributed by atoms with Gasteiger partial charge < -0.3 is 10.4 Å². The molecule has 0 aliphatic carbocycles. The summed E-state index contributed by atoms with van der Waals surface area (Å²) in [5.74, 6) is -0.735. The minimum atomic E-state index is -0.735. The molecule has 3 nitrogen and oxygen atoms in total. The van der Waals surface area contributed by atoms with Crippen molar-refractivity contribution in [3.8, 4) is 0 Å². The molecule has 0 saturated heterocycles. The van der Waals surface area contributed by atoms with Crippen LogP contribution < -0.4 is 5.32 Å². The summed E-state index contributed by atoms with van der Waals surface area (Å²) in [4.78, 5) is 10.5. The Bertz CT molecular complexity index is 187. The second-order valence-electron chi connectivity index (χ2n) is 5.34. The van der Waals surface area contributed by atoms with Gasteiger partial charge in [0.1, 0.15) is 15.7 Å². The lowest BCUT2D eigenvalue weighted by Gasteiger charge is -2.29. The van der Waals surface area contributed by atoms with E-state index < -0.39 is 5.97 Å². The second-order valence-corrected chi connectivity index (χ2v) is 5.34. The van der Waals surface area contributed by atoms with E-state index in [4.69, 9.17) is 5.11 Å². The summed E-state index contributed by atoms with van der Waals surface area (Å²) >= 11 is 0. The van der Waals surface area contributed by atoms with E-state index in [0.717, 1.165) is 6.54 Å². The summed E-state index contributed by atoms with van der Waals surface area (Å²) in [6.45, 7) is 6.94. The van der Waals surface area contributed by atoms with Gasteiger partial charge in [0.2, 0.25) is 0 Å². The normalized spacial score (nSPS) is 12.8. The minimum absolute atomic E-state index is 0.0514. The van der Waals surface area contributed by atoms with E-state index in [9.17, 15) is 4.79 Å². The van der Waals surface area contributed by atoms with Crippen molar-refractivity contribution >= 4 is 21.7 Å². The van der Waals surface area contributed by atoms with Crippen LogP contribution in [0.2, 0.25) is 5.21 Å². The van der Waals surface area contributed by atoms with Crippen molar-refractivity contribution in [1.82, 2.24) is 5.32 Å². The van der Waals surface area contributed by atoms with E-state index in [2.05, 4.69) is 26.1 Å². The van der Waals surface area contributed by atoms with E-state index in [0.29, 0.717) is 0 Å². The summed E-state index contributed by atoms with van der Waals surface area (Å²) in [6, 6.07) is 0. The fourth-order valence-corrected chi connectivity index (χ4v) is 0.976. The zero-order valence-electron chi connectivity index (χ0n) is 9.27. The van der Waals surface area contributed by atoms with Gasteiger partial charge >= 0.3 is 5.97 Å². The Hall–Kier alpha value is -0.440. The molecule has 13 heavy (non-hydrogen) atoms. The highest BCUT2D eigenvalue weighted by molar-refractivity contribution is 6.40. The molecule has 74 valence electrons. The highest BCUT2D eigenvalue weighted by Crippen LogP contribution is 2.20. The third kappa shape index (κ3) is 7.91. The average molecular weight is 183 g/mol. The maximum Gasteiger partial charge on any atom is 0.302 e. The van der Waals surface area contributed by atoms with Crippen LogP contribution in [0.5, 0.6) is 0 Å². The first-order valence-corrected chi connectivity index (χ1v) is 4.59. The molecule has 0 aromatic heterocycles. The fourth-order valence-electron chi connectivity index (χ4n) is 0.976. The van der Waals surface area contributed by atoms with Crippen molar-refractivity contribution in [2.45, 2.75) is 37.9 Å². The number of hydrogen-bond acceptors (Lipinski definition) is 2. The topological polar surface area (TPSA) is 49.3 Å². The van der Waals surface area contributed by atoms with Crippen molar-refractivity contribution in [3.05, 3.63) is 0 Å². The van der Waals surface area contributed by atoms with Crippen molar-refractivity contribution < 1.29 is 9.90 Å². The summed E-state index contributed by atoms with van der Waals surface area (Å²) in [6.07, 6.45) is 0.204. The smallest absolute Gasteiger partial charge is 0.302 e. The molecule has 0 atom stereocenters. The summed E-state index contributed by atoms with van der Waals surface area (Å²) in [5, 5.41) is 11.8. The summed E-state index contributed by atoms with van der Waals surface area (Å²) in [7, 11) is 3.92. The predicted octanol–water partition coefficient (Wildman–Crippen LogP) is -0.768. The molecule has 0 radical (unpaired) electrons. The number of hydrogen-bond donors (Lipinski definition) is 2. The largest absolute Gasteiger partial charge is 0.481 e. The van der Waals surface area contributed by atoms with Crippen molar-refractivity contribution in [2.75, 3.05) is 6.54 Å². The molecule has 0 aliphatic rings. The minimum Gasteiger partial charge on any atom is -0.481 e. The average Bonchev–Trinajstić information content (AvgIpc) is 1.79. The Morgan fingerprint density at radius 2 is 1.85 bits per heavy atom. The van der Waals surface area contributed by atoms with Crippen molar-refractivity contribution in [3.63, 3.8) is 0 Å². The van der Waals surface area contributed by atoms with Crippen molar-refractivity contribution in [2.24, 2.45) is 0 Å². The summed E-state index contributed by atoms with van der Waals surface area (Å²) < 4.78 is 0. The molecule has 0 fully saturated rings. The molecule has 0 heterocycles. The zero-order chi connectivity index (χ0) is 10.7. The number of carbonyl (C=O) groups is 1. The van der Waals surface area contributed by atoms with Crippen LogP contribution in [0.4, 0.5) is 0 Å². The molecule has 0 unspecified atom stereocenters. The van der Waals surface area contributed by atoms with Gasteiger partial charge in [-0.25, -0.2) is 0 Å². The number of aliphatic carboxylic acids is 1. The molecular weight excluding hydrogens is 164 g/mol. The van der Waals surface area contributed by atoms with Gasteiger partial charge in [0.25, 0.3) is 0 Å². The third-order valence-electron chi connectivity index (χ3n) is 1.73. The Kier molecular flexibility index (Phi) is 4.04. The molecular formula is C8H19B2NO2. The highest BCUT2D eigenvalue weighted by Gasteiger charge is 2.23. The summed E-state index contributed by atoms with van der Waals surface area (Å²) in [5.41, 5.74) is 0.0514. The van der Waals surface area contributed by atoms with E-state index in [-0.39, 0.29) is 17.2 Å². The molecule has 0 rings (SSSR count). The van der Waals surface area contributed by atoms with Gasteiger partial charge in [0, 0.05) is 12.0 Å². The van der Waals surface area contributed by atoms with Crippen LogP contribution in [0.15, 0.2) is 0 Å². The Morgan fingerprint density at radius 3 is 2.15 bits per heavy atom. The van der Waals surface area contributed by atoms with Crippen LogP contribution in [-0.4, -0.2) is 38.9 Å². The predicted molar refractivity (Wildman–Crippen MR) is 59.8 cm³/mol. The number of carboxylic acids is 1. The van der Waals surface area contributed by atoms with Gasteiger partial charge in [-0.15, -0.1) is 0 Å². The first kappa shape index (κ1) is 12.6. The standard InChI is InChI=1S/C8H19B2NO2/c1-7(2,3)11-5-8(9,10)4-6(12)13/h11H,4-5,9-10H2,1-3H3,(H,12,13). The number of rotatable bonds is 4. The Labute approximate surface area is 82.1 Å². The van der Waals surface area contributed by atoms with Crippen LogP contribution in [0.1, 0.15) is 27.2 Å². The van der Waals surface area contributed by atoms with Gasteiger partial charge in [-0.3, -0.25) is 4.79 Å². The van der Waals surface area contributed by atoms with E-state index in [1.54, 1.807) is 0 Å². The van der Waals surface area contributed by atoms with E-state index >= 15 is 0 Å². The number of nitrogens with one attached hydrogen (secondary N) is 1. The van der Waals surface area contributed by atoms with Crippen LogP contribution in [0, 0.1) is 0 Å². The maximum absolute atomic E-state index is 10.5. The van der Waals surface area contributed by atoms with Crippen molar-refractivity contribution in [1.29, 1.82) is 0 Å². The first-order chi connectivity index (χ1) is 5.62. The highest BCUT2D eigenvalue weighted by atomic mass is 16.4. The second kappa shape index (κ2) is 4.18. The van der Waals surface area contributed by atoms with Gasteiger partial charge in [0.05, 0.1) is 0 Å². The lowest BCUT2D eigenvalue weighted by Crippen LogP contribution is -2.42. The zero-order valence-corrected chi connectivity index (χ0v) is 9.27. The molecule has 0 aliphatic heterocycles. The van der Waals surface area contributed by atoms with E-state index in [1.165, 1.54) is 0 Å². The Morgan fingerprint density at radius 1 is 1.38 bits per heavy atom. The van der Waals surface area contributed by atoms with Crippen LogP contribution in [0.3, 0.4) is 0 Å². The monoisotopic (exact) mass is 183 g/mol. The SMILES string of the molecule is BC(B)(CNC(C)(C)C)CC(=O)O. The van der Waals surface area contributed by atoms with Gasteiger partial charge in [-0.2, -0.15) is 0 Å². The lowest BCUT2D eigenvalue weighted by atomic mass is 9.52. The first-order valence-electron chi connectivity index (χ1n) is 4.59. The van der Waals surface area contributed by atoms with Crippen LogP contribution in [0.25, 0.3) is 0 Å². The molecule has 0 spiro atoms. The maximum atomic E-state index is 10.5. The molecule has 0 bridgehead atoms. The van der Waals surface area contributed by atoms with Gasteiger partial charge in [-0.05, 0) is 27.3 Å². The van der Waals surface area contributed by atoms with Gasteiger partial charge in [-0.1, -0.05) is 5.21 Å². The molecule has 0 aromatic rings. The quantitative estimate of drug-likeness (QED) is 0.562. The molecule has 0 saturated carbocycles. The van der Waals surface area contributed by atoms with Gasteiger partial charge in [0.15, 0.2) is 0 Å². The molecule has 0 amide bonds. The molecule has 0 aromatic carbocycles. The van der Waals surface area contributed by atoms with Crippen LogP contribution in [-0.2, 0) is 4.79 Å².